The van der Waals surface area contributed by atoms with Crippen molar-refractivity contribution in [3.63, 3.8) is 0 Å². The summed E-state index contributed by atoms with van der Waals surface area (Å²) in [5.41, 5.74) is 2.19. The second-order valence-corrected chi connectivity index (χ2v) is 5.05. The third-order valence-electron chi connectivity index (χ3n) is 3.32. The van der Waals surface area contributed by atoms with Gasteiger partial charge in [-0.2, -0.15) is 0 Å². The smallest absolute Gasteiger partial charge is 0.125 e. The number of hydrogen-bond acceptors (Lipinski definition) is 3. The zero-order valence-corrected chi connectivity index (χ0v) is 13.3. The summed E-state index contributed by atoms with van der Waals surface area (Å²) in [5, 5.41) is 3.98. The highest BCUT2D eigenvalue weighted by atomic mass is 35.5. The van der Waals surface area contributed by atoms with E-state index in [9.17, 15) is 0 Å². The highest BCUT2D eigenvalue weighted by Gasteiger charge is 2.16. The molecule has 2 aromatic rings. The Bertz CT molecular complexity index is 584. The second kappa shape index (κ2) is 7.34. The molecular weight excluding hydrogens is 286 g/mol. The summed E-state index contributed by atoms with van der Waals surface area (Å²) in [7, 11) is 3.58. The molecule has 0 spiro atoms. The number of rotatable bonds is 6. The van der Waals surface area contributed by atoms with Crippen molar-refractivity contribution in [1.82, 2.24) is 5.32 Å². The maximum Gasteiger partial charge on any atom is 0.125 e. The van der Waals surface area contributed by atoms with Crippen molar-refractivity contribution in [2.24, 2.45) is 0 Å². The van der Waals surface area contributed by atoms with Gasteiger partial charge in [0.2, 0.25) is 0 Å². The van der Waals surface area contributed by atoms with Gasteiger partial charge < -0.3 is 14.8 Å². The van der Waals surface area contributed by atoms with Crippen LogP contribution >= 0.6 is 11.6 Å². The lowest BCUT2D eigenvalue weighted by molar-refractivity contribution is 0.340. The molecule has 0 aliphatic carbocycles. The SMILES string of the molecule is CCOc1ccc(C(NC)c2ccc(Cl)cc2OC)cc1. The van der Waals surface area contributed by atoms with Gasteiger partial charge in [-0.25, -0.2) is 0 Å². The molecule has 0 saturated heterocycles. The van der Waals surface area contributed by atoms with Gasteiger partial charge >= 0.3 is 0 Å². The van der Waals surface area contributed by atoms with Gasteiger partial charge in [-0.1, -0.05) is 29.8 Å². The predicted octanol–water partition coefficient (Wildman–Crippen LogP) is 4.06. The van der Waals surface area contributed by atoms with Gasteiger partial charge in [-0.05, 0) is 43.8 Å². The summed E-state index contributed by atoms with van der Waals surface area (Å²) >= 11 is 6.03. The van der Waals surface area contributed by atoms with E-state index < -0.39 is 0 Å². The zero-order chi connectivity index (χ0) is 15.2. The first-order valence-electron chi connectivity index (χ1n) is 6.93. The molecule has 0 aliphatic rings. The third-order valence-corrected chi connectivity index (χ3v) is 3.55. The lowest BCUT2D eigenvalue weighted by Gasteiger charge is -2.20. The van der Waals surface area contributed by atoms with Gasteiger partial charge in [0.05, 0.1) is 19.8 Å². The summed E-state index contributed by atoms with van der Waals surface area (Å²) in [6.45, 7) is 2.64. The van der Waals surface area contributed by atoms with Crippen molar-refractivity contribution in [2.45, 2.75) is 13.0 Å². The van der Waals surface area contributed by atoms with Crippen molar-refractivity contribution in [2.75, 3.05) is 20.8 Å². The van der Waals surface area contributed by atoms with Crippen LogP contribution in [0.2, 0.25) is 5.02 Å². The Balaban J connectivity index is 2.35. The standard InChI is InChI=1S/C17H20ClNO2/c1-4-21-14-8-5-12(6-9-14)17(19-2)15-10-7-13(18)11-16(15)20-3/h5-11,17,19H,4H2,1-3H3. The molecule has 2 aromatic carbocycles. The lowest BCUT2D eigenvalue weighted by Crippen LogP contribution is -2.18. The highest BCUT2D eigenvalue weighted by molar-refractivity contribution is 6.30. The number of halogens is 1. The van der Waals surface area contributed by atoms with Gasteiger partial charge in [0.25, 0.3) is 0 Å². The molecule has 21 heavy (non-hydrogen) atoms. The largest absolute Gasteiger partial charge is 0.496 e. The van der Waals surface area contributed by atoms with Crippen LogP contribution in [0.1, 0.15) is 24.1 Å². The molecule has 1 unspecified atom stereocenters. The average Bonchev–Trinajstić information content (AvgIpc) is 2.51. The molecule has 3 nitrogen and oxygen atoms in total. The Morgan fingerprint density at radius 2 is 1.86 bits per heavy atom. The molecule has 0 bridgehead atoms. The van der Waals surface area contributed by atoms with Crippen LogP contribution in [-0.4, -0.2) is 20.8 Å². The maximum absolute atomic E-state index is 6.03. The fourth-order valence-electron chi connectivity index (χ4n) is 2.35. The molecule has 0 aliphatic heterocycles. The molecule has 112 valence electrons. The molecule has 0 fully saturated rings. The summed E-state index contributed by atoms with van der Waals surface area (Å²) in [4.78, 5) is 0. The van der Waals surface area contributed by atoms with Crippen LogP contribution < -0.4 is 14.8 Å². The van der Waals surface area contributed by atoms with Crippen LogP contribution in [-0.2, 0) is 0 Å². The van der Waals surface area contributed by atoms with Crippen LogP contribution in [0.25, 0.3) is 0 Å². The third kappa shape index (κ3) is 3.69. The Morgan fingerprint density at radius 1 is 1.14 bits per heavy atom. The van der Waals surface area contributed by atoms with E-state index in [1.165, 1.54) is 0 Å². The number of ether oxygens (including phenoxy) is 2. The minimum atomic E-state index is 0.0351. The lowest BCUT2D eigenvalue weighted by atomic mass is 9.98. The molecule has 0 saturated carbocycles. The summed E-state index contributed by atoms with van der Waals surface area (Å²) in [5.74, 6) is 1.65. The van der Waals surface area contributed by atoms with Crippen molar-refractivity contribution >= 4 is 11.6 Å². The predicted molar refractivity (Wildman–Crippen MR) is 86.5 cm³/mol. The first kappa shape index (κ1) is 15.7. The van der Waals surface area contributed by atoms with Gasteiger partial charge in [0.1, 0.15) is 11.5 Å². The maximum atomic E-state index is 6.03. The average molecular weight is 306 g/mol. The number of hydrogen-bond donors (Lipinski definition) is 1. The minimum absolute atomic E-state index is 0.0351. The van der Waals surface area contributed by atoms with Gasteiger partial charge in [-0.3, -0.25) is 0 Å². The summed E-state index contributed by atoms with van der Waals surface area (Å²) in [6, 6.07) is 13.8. The Labute approximate surface area is 130 Å². The van der Waals surface area contributed by atoms with E-state index in [2.05, 4.69) is 17.4 Å². The minimum Gasteiger partial charge on any atom is -0.496 e. The zero-order valence-electron chi connectivity index (χ0n) is 12.5. The van der Waals surface area contributed by atoms with Crippen molar-refractivity contribution in [3.8, 4) is 11.5 Å². The van der Waals surface area contributed by atoms with Crippen LogP contribution in [0.15, 0.2) is 42.5 Å². The molecule has 2 rings (SSSR count). The number of methoxy groups -OCH3 is 1. The van der Waals surface area contributed by atoms with Crippen molar-refractivity contribution in [3.05, 3.63) is 58.6 Å². The first-order chi connectivity index (χ1) is 10.2. The second-order valence-electron chi connectivity index (χ2n) is 4.61. The Kier molecular flexibility index (Phi) is 5.48. The fourth-order valence-corrected chi connectivity index (χ4v) is 2.51. The van der Waals surface area contributed by atoms with E-state index in [0.29, 0.717) is 11.6 Å². The molecule has 0 radical (unpaired) electrons. The monoisotopic (exact) mass is 305 g/mol. The molecule has 4 heteroatoms. The van der Waals surface area contributed by atoms with Gasteiger partial charge in [0, 0.05) is 10.6 Å². The Hall–Kier alpha value is -1.71. The number of nitrogens with one attached hydrogen (secondary N) is 1. The molecular formula is C17H20ClNO2. The van der Waals surface area contributed by atoms with Crippen LogP contribution in [0, 0.1) is 0 Å². The van der Waals surface area contributed by atoms with E-state index in [1.54, 1.807) is 7.11 Å². The van der Waals surface area contributed by atoms with Crippen LogP contribution in [0.4, 0.5) is 0 Å². The van der Waals surface area contributed by atoms with E-state index in [0.717, 1.165) is 22.6 Å². The van der Waals surface area contributed by atoms with Crippen molar-refractivity contribution < 1.29 is 9.47 Å². The summed E-state index contributed by atoms with van der Waals surface area (Å²) in [6.07, 6.45) is 0. The molecule has 0 heterocycles. The van der Waals surface area contributed by atoms with E-state index >= 15 is 0 Å². The van der Waals surface area contributed by atoms with Crippen LogP contribution in [0.5, 0.6) is 11.5 Å². The molecule has 1 N–H and O–H groups in total. The molecule has 1 atom stereocenters. The topological polar surface area (TPSA) is 30.5 Å². The highest BCUT2D eigenvalue weighted by Crippen LogP contribution is 2.32. The quantitative estimate of drug-likeness (QED) is 0.873. The summed E-state index contributed by atoms with van der Waals surface area (Å²) < 4.78 is 10.9. The van der Waals surface area contributed by atoms with Gasteiger partial charge in [-0.15, -0.1) is 0 Å². The van der Waals surface area contributed by atoms with E-state index in [-0.39, 0.29) is 6.04 Å². The molecule has 0 amide bonds. The molecule has 0 aromatic heterocycles. The fraction of sp³-hybridized carbons (Fsp3) is 0.294. The number of benzene rings is 2. The first-order valence-corrected chi connectivity index (χ1v) is 7.30. The normalized spacial score (nSPS) is 12.0. The van der Waals surface area contributed by atoms with Crippen molar-refractivity contribution in [1.29, 1.82) is 0 Å². The van der Waals surface area contributed by atoms with E-state index in [4.69, 9.17) is 21.1 Å². The van der Waals surface area contributed by atoms with E-state index in [1.807, 2.05) is 44.3 Å². The Morgan fingerprint density at radius 3 is 2.43 bits per heavy atom. The van der Waals surface area contributed by atoms with Gasteiger partial charge in [0.15, 0.2) is 0 Å². The van der Waals surface area contributed by atoms with Crippen LogP contribution in [0.3, 0.4) is 0 Å².